The second kappa shape index (κ2) is 7.19. The summed E-state index contributed by atoms with van der Waals surface area (Å²) in [5.41, 5.74) is 1.48. The molecule has 0 radical (unpaired) electrons. The number of allylic oxidation sites excluding steroid dienone is 2. The molecular weight excluding hydrogens is 408 g/mol. The molecule has 3 nitrogen and oxygen atoms in total. The van der Waals surface area contributed by atoms with Crippen LogP contribution in [0.5, 0.6) is 0 Å². The molecule has 0 unspecified atom stereocenters. The first-order valence-electron chi connectivity index (χ1n) is 13.8. The van der Waals surface area contributed by atoms with E-state index in [4.69, 9.17) is 0 Å². The van der Waals surface area contributed by atoms with E-state index >= 15 is 0 Å². The molecule has 0 aromatic rings. The number of carbonyl (C=O) groups is 1. The lowest BCUT2D eigenvalue weighted by Gasteiger charge is -2.63. The van der Waals surface area contributed by atoms with Crippen molar-refractivity contribution < 1.29 is 15.0 Å². The van der Waals surface area contributed by atoms with Gasteiger partial charge in [0.15, 0.2) is 5.78 Å². The van der Waals surface area contributed by atoms with Crippen molar-refractivity contribution >= 4 is 5.78 Å². The molecule has 3 heteroatoms. The molecule has 9 atom stereocenters. The predicted octanol–water partition coefficient (Wildman–Crippen LogP) is 6.32. The number of ketones is 1. The third kappa shape index (κ3) is 3.09. The molecule has 2 N–H and O–H groups in total. The first kappa shape index (κ1) is 24.0. The monoisotopic (exact) mass is 456 g/mol. The van der Waals surface area contributed by atoms with Crippen molar-refractivity contribution in [3.05, 3.63) is 11.6 Å². The Morgan fingerprint density at radius 3 is 2.00 bits per heavy atom. The van der Waals surface area contributed by atoms with Crippen LogP contribution in [0.3, 0.4) is 0 Å². The zero-order chi connectivity index (χ0) is 24.2. The minimum Gasteiger partial charge on any atom is -0.393 e. The molecule has 0 aromatic carbocycles. The molecule has 186 valence electrons. The fourth-order valence-electron chi connectivity index (χ4n) is 10.9. The molecule has 0 spiro atoms. The second-order valence-electron chi connectivity index (χ2n) is 14.9. The molecule has 5 aliphatic carbocycles. The zero-order valence-corrected chi connectivity index (χ0v) is 22.2. The van der Waals surface area contributed by atoms with E-state index in [0.29, 0.717) is 17.8 Å². The molecule has 0 amide bonds. The first-order valence-corrected chi connectivity index (χ1v) is 13.8. The van der Waals surface area contributed by atoms with Gasteiger partial charge >= 0.3 is 0 Å². The van der Waals surface area contributed by atoms with Crippen LogP contribution in [0.4, 0.5) is 0 Å². The van der Waals surface area contributed by atoms with Crippen LogP contribution < -0.4 is 0 Å². The second-order valence-corrected chi connectivity index (χ2v) is 14.9. The van der Waals surface area contributed by atoms with Crippen LogP contribution in [0.2, 0.25) is 0 Å². The molecule has 4 saturated carbocycles. The van der Waals surface area contributed by atoms with E-state index in [2.05, 4.69) is 48.5 Å². The van der Waals surface area contributed by atoms with E-state index in [1.807, 2.05) is 6.08 Å². The average molecular weight is 457 g/mol. The van der Waals surface area contributed by atoms with E-state index in [1.165, 1.54) is 31.3 Å². The summed E-state index contributed by atoms with van der Waals surface area (Å²) in [6.45, 7) is 16.3. The molecule has 5 aliphatic rings. The van der Waals surface area contributed by atoms with Crippen molar-refractivity contribution in [1.82, 2.24) is 0 Å². The maximum Gasteiger partial charge on any atom is 0.159 e. The highest BCUT2D eigenvalue weighted by Crippen LogP contribution is 2.70. The topological polar surface area (TPSA) is 57.5 Å². The fourth-order valence-corrected chi connectivity index (χ4v) is 10.9. The Labute approximate surface area is 201 Å². The minimum atomic E-state index is -0.393. The van der Waals surface area contributed by atoms with Gasteiger partial charge in [-0.1, -0.05) is 54.0 Å². The standard InChI is InChI=1S/C30H48O3/c1-26(2)21-10-13-28(5)17-18-16-20(31)25-27(3,4)24(33)11-14-29(25,6)19(18)8-9-22(28)30(21,7)15-12-23(26)32/h16,19,21-25,32-33H,8-15,17H2,1-7H3/t19-,21+,22-,23-,24+,25-,28-,29+,30-/m0/s1. The van der Waals surface area contributed by atoms with Crippen LogP contribution in [0, 0.1) is 50.7 Å². The highest BCUT2D eigenvalue weighted by molar-refractivity contribution is 5.95. The molecule has 5 rings (SSSR count). The van der Waals surface area contributed by atoms with Crippen molar-refractivity contribution in [2.45, 2.75) is 118 Å². The summed E-state index contributed by atoms with van der Waals surface area (Å²) < 4.78 is 0. The van der Waals surface area contributed by atoms with Gasteiger partial charge in [-0.2, -0.15) is 0 Å². The van der Waals surface area contributed by atoms with E-state index in [9.17, 15) is 15.0 Å². The van der Waals surface area contributed by atoms with Crippen LogP contribution in [-0.2, 0) is 4.79 Å². The van der Waals surface area contributed by atoms with Gasteiger partial charge in [0.05, 0.1) is 12.2 Å². The van der Waals surface area contributed by atoms with Gasteiger partial charge in [0.2, 0.25) is 0 Å². The minimum absolute atomic E-state index is 0.0246. The van der Waals surface area contributed by atoms with Gasteiger partial charge in [-0.25, -0.2) is 0 Å². The number of fused-ring (bicyclic) bond motifs is 6. The Balaban J connectivity index is 1.54. The number of aliphatic hydroxyl groups is 2. The SMILES string of the molecule is CC1(C)[C@H]2CC[C@@]3(C)CC4=CC(=O)[C@H]5C(C)(C)[C@H](O)CC[C@]5(C)[C@H]4CC[C@@H]3[C@@]2(C)CC[C@@H]1O. The van der Waals surface area contributed by atoms with Crippen LogP contribution in [0.1, 0.15) is 106 Å². The lowest BCUT2D eigenvalue weighted by molar-refractivity contribution is -0.170. The summed E-state index contributed by atoms with van der Waals surface area (Å²) in [4.78, 5) is 13.6. The third-order valence-electron chi connectivity index (χ3n) is 12.6. The summed E-state index contributed by atoms with van der Waals surface area (Å²) in [5, 5.41) is 21.7. The molecule has 0 aliphatic heterocycles. The van der Waals surface area contributed by atoms with E-state index < -0.39 is 6.10 Å². The van der Waals surface area contributed by atoms with Crippen molar-refractivity contribution in [1.29, 1.82) is 0 Å². The molecule has 0 heterocycles. The molecule has 0 aromatic heterocycles. The van der Waals surface area contributed by atoms with Crippen LogP contribution in [-0.4, -0.2) is 28.2 Å². The maximum atomic E-state index is 13.6. The van der Waals surface area contributed by atoms with Gasteiger partial charge in [-0.15, -0.1) is 0 Å². The lowest BCUT2D eigenvalue weighted by Crippen LogP contribution is -2.58. The highest BCUT2D eigenvalue weighted by Gasteiger charge is 2.64. The Hall–Kier alpha value is -0.670. The zero-order valence-electron chi connectivity index (χ0n) is 22.2. The highest BCUT2D eigenvalue weighted by atomic mass is 16.3. The Morgan fingerprint density at radius 2 is 1.33 bits per heavy atom. The van der Waals surface area contributed by atoms with E-state index in [0.717, 1.165) is 32.1 Å². The smallest absolute Gasteiger partial charge is 0.159 e. The molecule has 0 saturated heterocycles. The van der Waals surface area contributed by atoms with E-state index in [1.54, 1.807) is 0 Å². The van der Waals surface area contributed by atoms with Gasteiger partial charge in [0.1, 0.15) is 0 Å². The van der Waals surface area contributed by atoms with Crippen molar-refractivity contribution in [2.24, 2.45) is 50.7 Å². The number of aliphatic hydroxyl groups excluding tert-OH is 2. The number of carbonyl (C=O) groups excluding carboxylic acids is 1. The maximum absolute atomic E-state index is 13.6. The summed E-state index contributed by atoms with van der Waals surface area (Å²) in [6.07, 6.45) is 11.1. The third-order valence-corrected chi connectivity index (χ3v) is 12.6. The normalized spacial score (nSPS) is 53.0. The molecule has 33 heavy (non-hydrogen) atoms. The van der Waals surface area contributed by atoms with Gasteiger partial charge in [-0.05, 0) is 103 Å². The average Bonchev–Trinajstić information content (AvgIpc) is 2.85. The summed E-state index contributed by atoms with van der Waals surface area (Å²) in [6, 6.07) is 0. The Morgan fingerprint density at radius 1 is 0.727 bits per heavy atom. The van der Waals surface area contributed by atoms with Crippen molar-refractivity contribution in [2.75, 3.05) is 0 Å². The predicted molar refractivity (Wildman–Crippen MR) is 132 cm³/mol. The fraction of sp³-hybridized carbons (Fsp3) is 0.900. The lowest BCUT2D eigenvalue weighted by atomic mass is 9.42. The molecular formula is C30H48O3. The largest absolute Gasteiger partial charge is 0.393 e. The first-order chi connectivity index (χ1) is 15.2. The number of rotatable bonds is 0. The molecule has 0 bridgehead atoms. The van der Waals surface area contributed by atoms with Crippen LogP contribution >= 0.6 is 0 Å². The summed E-state index contributed by atoms with van der Waals surface area (Å²) >= 11 is 0. The number of hydrogen-bond acceptors (Lipinski definition) is 3. The molecule has 4 fully saturated rings. The van der Waals surface area contributed by atoms with Crippen LogP contribution in [0.25, 0.3) is 0 Å². The summed E-state index contributed by atoms with van der Waals surface area (Å²) in [7, 11) is 0. The number of hydrogen-bond donors (Lipinski definition) is 2. The van der Waals surface area contributed by atoms with Gasteiger partial charge in [-0.3, -0.25) is 4.79 Å². The van der Waals surface area contributed by atoms with Crippen molar-refractivity contribution in [3.63, 3.8) is 0 Å². The van der Waals surface area contributed by atoms with Crippen LogP contribution in [0.15, 0.2) is 11.6 Å². The van der Waals surface area contributed by atoms with Gasteiger partial charge < -0.3 is 10.2 Å². The van der Waals surface area contributed by atoms with E-state index in [-0.39, 0.29) is 44.9 Å². The summed E-state index contributed by atoms with van der Waals surface area (Å²) in [5.74, 6) is 1.86. The Kier molecular flexibility index (Phi) is 5.24. The quantitative estimate of drug-likeness (QED) is 0.448. The van der Waals surface area contributed by atoms with Gasteiger partial charge in [0.25, 0.3) is 0 Å². The Bertz CT molecular complexity index is 870. The van der Waals surface area contributed by atoms with Gasteiger partial charge in [0, 0.05) is 11.3 Å². The van der Waals surface area contributed by atoms with Crippen molar-refractivity contribution in [3.8, 4) is 0 Å².